The minimum absolute atomic E-state index is 0.733. The van der Waals surface area contributed by atoms with Gasteiger partial charge in [0.05, 0.1) is 0 Å². The third-order valence-electron chi connectivity index (χ3n) is 5.24. The lowest BCUT2D eigenvalue weighted by Gasteiger charge is -2.43. The lowest BCUT2D eigenvalue weighted by Crippen LogP contribution is -2.54. The molecule has 1 aliphatic heterocycles. The van der Waals surface area contributed by atoms with Gasteiger partial charge in [0.15, 0.2) is 0 Å². The van der Waals surface area contributed by atoms with Gasteiger partial charge in [0.2, 0.25) is 0 Å². The molecule has 2 aliphatic rings. The molecule has 1 heterocycles. The molecule has 2 nitrogen and oxygen atoms in total. The molecule has 0 bridgehead atoms. The van der Waals surface area contributed by atoms with E-state index in [0.29, 0.717) is 0 Å². The summed E-state index contributed by atoms with van der Waals surface area (Å²) in [6.07, 6.45) is 5.52. The summed E-state index contributed by atoms with van der Waals surface area (Å²) in [6, 6.07) is 2.24. The smallest absolute Gasteiger partial charge is 0.0122 e. The molecular formula is C16H32N2. The fourth-order valence-electron chi connectivity index (χ4n) is 4.16. The van der Waals surface area contributed by atoms with E-state index in [4.69, 9.17) is 0 Å². The molecule has 5 atom stereocenters. The highest BCUT2D eigenvalue weighted by atomic mass is 15.2. The van der Waals surface area contributed by atoms with Gasteiger partial charge in [-0.05, 0) is 57.4 Å². The van der Waals surface area contributed by atoms with Crippen LogP contribution in [0.4, 0.5) is 0 Å². The second-order valence-corrected chi connectivity index (χ2v) is 7.39. The molecule has 0 radical (unpaired) electrons. The first-order chi connectivity index (χ1) is 8.45. The van der Waals surface area contributed by atoms with Crippen LogP contribution in [-0.2, 0) is 0 Å². The molecular weight excluding hydrogens is 220 g/mol. The van der Waals surface area contributed by atoms with Crippen LogP contribution in [0.25, 0.3) is 0 Å². The first-order valence-corrected chi connectivity index (χ1v) is 7.92. The number of hydrogen-bond acceptors (Lipinski definition) is 2. The van der Waals surface area contributed by atoms with Crippen molar-refractivity contribution in [2.75, 3.05) is 13.6 Å². The van der Waals surface area contributed by atoms with Crippen LogP contribution in [0.3, 0.4) is 0 Å². The Morgan fingerprint density at radius 1 is 0.889 bits per heavy atom. The maximum absolute atomic E-state index is 3.99. The van der Waals surface area contributed by atoms with Crippen molar-refractivity contribution >= 4 is 0 Å². The Labute approximate surface area is 114 Å². The molecule has 0 aromatic carbocycles. The number of hydrogen-bond donors (Lipinski definition) is 1. The zero-order valence-electron chi connectivity index (χ0n) is 12.9. The summed E-state index contributed by atoms with van der Waals surface area (Å²) >= 11 is 0. The van der Waals surface area contributed by atoms with E-state index in [2.05, 4.69) is 45.0 Å². The molecule has 2 heteroatoms. The molecule has 1 N–H and O–H groups in total. The fraction of sp³-hybridized carbons (Fsp3) is 1.00. The predicted octanol–water partition coefficient (Wildman–Crippen LogP) is 3.13. The van der Waals surface area contributed by atoms with E-state index in [9.17, 15) is 0 Å². The molecule has 18 heavy (non-hydrogen) atoms. The zero-order valence-corrected chi connectivity index (χ0v) is 12.9. The van der Waals surface area contributed by atoms with Gasteiger partial charge in [-0.2, -0.15) is 0 Å². The van der Waals surface area contributed by atoms with E-state index in [1.54, 1.807) is 0 Å². The Morgan fingerprint density at radius 2 is 1.50 bits per heavy atom. The highest BCUT2D eigenvalue weighted by molar-refractivity contribution is 4.90. The van der Waals surface area contributed by atoms with Gasteiger partial charge >= 0.3 is 0 Å². The number of likely N-dealkylation sites (tertiary alicyclic amines) is 1. The van der Waals surface area contributed by atoms with Crippen LogP contribution < -0.4 is 5.32 Å². The monoisotopic (exact) mass is 252 g/mol. The summed E-state index contributed by atoms with van der Waals surface area (Å²) in [7, 11) is 2.27. The second kappa shape index (κ2) is 5.92. The highest BCUT2D eigenvalue weighted by Gasteiger charge is 2.32. The number of nitrogens with zero attached hydrogens (tertiary/aromatic N) is 1. The predicted molar refractivity (Wildman–Crippen MR) is 78.8 cm³/mol. The van der Waals surface area contributed by atoms with Crippen LogP contribution in [0.2, 0.25) is 0 Å². The minimum atomic E-state index is 0.733. The van der Waals surface area contributed by atoms with Crippen LogP contribution in [0.15, 0.2) is 0 Å². The second-order valence-electron chi connectivity index (χ2n) is 7.39. The third kappa shape index (κ3) is 3.48. The first kappa shape index (κ1) is 14.3. The molecule has 0 aromatic rings. The summed E-state index contributed by atoms with van der Waals surface area (Å²) in [6.45, 7) is 10.9. The van der Waals surface area contributed by atoms with E-state index in [-0.39, 0.29) is 0 Å². The van der Waals surface area contributed by atoms with Gasteiger partial charge in [-0.3, -0.25) is 0 Å². The van der Waals surface area contributed by atoms with Crippen LogP contribution in [0.5, 0.6) is 0 Å². The van der Waals surface area contributed by atoms with E-state index in [1.165, 1.54) is 32.2 Å². The normalized spacial score (nSPS) is 47.2. The van der Waals surface area contributed by atoms with Crippen molar-refractivity contribution < 1.29 is 0 Å². The molecule has 2 rings (SSSR count). The molecule has 106 valence electrons. The van der Waals surface area contributed by atoms with Crippen LogP contribution >= 0.6 is 0 Å². The Balaban J connectivity index is 1.88. The first-order valence-electron chi connectivity index (χ1n) is 7.92. The molecule has 5 unspecified atom stereocenters. The number of rotatable bonds is 2. The van der Waals surface area contributed by atoms with Crippen LogP contribution in [0.1, 0.15) is 53.4 Å². The van der Waals surface area contributed by atoms with Gasteiger partial charge in [-0.1, -0.05) is 20.8 Å². The van der Waals surface area contributed by atoms with E-state index in [1.807, 2.05) is 0 Å². The molecule has 1 saturated carbocycles. The van der Waals surface area contributed by atoms with Crippen molar-refractivity contribution in [2.24, 2.45) is 17.8 Å². The van der Waals surface area contributed by atoms with Crippen molar-refractivity contribution in [3.63, 3.8) is 0 Å². The van der Waals surface area contributed by atoms with Crippen molar-refractivity contribution in [2.45, 2.75) is 71.5 Å². The Hall–Kier alpha value is -0.0800. The van der Waals surface area contributed by atoms with Gasteiger partial charge < -0.3 is 10.2 Å². The average molecular weight is 252 g/mol. The number of piperidine rings is 1. The van der Waals surface area contributed by atoms with Gasteiger partial charge in [-0.25, -0.2) is 0 Å². The van der Waals surface area contributed by atoms with Crippen molar-refractivity contribution in [1.82, 2.24) is 10.2 Å². The zero-order chi connectivity index (χ0) is 13.3. The largest absolute Gasteiger partial charge is 0.311 e. The fourth-order valence-corrected chi connectivity index (χ4v) is 4.16. The van der Waals surface area contributed by atoms with E-state index < -0.39 is 0 Å². The van der Waals surface area contributed by atoms with E-state index >= 15 is 0 Å². The molecule has 1 aliphatic carbocycles. The summed E-state index contributed by atoms with van der Waals surface area (Å²) in [4.78, 5) is 2.51. The van der Waals surface area contributed by atoms with Crippen LogP contribution in [0, 0.1) is 17.8 Å². The average Bonchev–Trinajstić information content (AvgIpc) is 2.24. The van der Waals surface area contributed by atoms with Crippen molar-refractivity contribution in [3.05, 3.63) is 0 Å². The third-order valence-corrected chi connectivity index (χ3v) is 5.24. The van der Waals surface area contributed by atoms with Gasteiger partial charge in [0.25, 0.3) is 0 Å². The number of nitrogens with one attached hydrogen (secondary N) is 1. The Kier molecular flexibility index (Phi) is 4.71. The van der Waals surface area contributed by atoms with Crippen molar-refractivity contribution in [1.29, 1.82) is 0 Å². The van der Waals surface area contributed by atoms with Crippen molar-refractivity contribution in [3.8, 4) is 0 Å². The van der Waals surface area contributed by atoms with Crippen LogP contribution in [-0.4, -0.2) is 36.6 Å². The Bertz CT molecular complexity index is 256. The standard InChI is InChI=1S/C16H32N2/c1-11-6-12(2)8-15(7-11)17-16-9-14(4)18(5)10-13(16)3/h11-17H,6-10H2,1-5H3. The lowest BCUT2D eigenvalue weighted by molar-refractivity contribution is 0.104. The Morgan fingerprint density at radius 3 is 2.11 bits per heavy atom. The van der Waals surface area contributed by atoms with Gasteiger partial charge in [0.1, 0.15) is 0 Å². The SMILES string of the molecule is CC1CC(C)CC(NC2CC(C)N(C)CC2C)C1. The molecule has 0 aromatic heterocycles. The van der Waals surface area contributed by atoms with E-state index in [0.717, 1.165) is 35.9 Å². The maximum Gasteiger partial charge on any atom is 0.0122 e. The topological polar surface area (TPSA) is 15.3 Å². The van der Waals surface area contributed by atoms with Gasteiger partial charge in [0, 0.05) is 24.7 Å². The minimum Gasteiger partial charge on any atom is -0.311 e. The molecule has 0 spiro atoms. The highest BCUT2D eigenvalue weighted by Crippen LogP contribution is 2.30. The van der Waals surface area contributed by atoms with Gasteiger partial charge in [-0.15, -0.1) is 0 Å². The summed E-state index contributed by atoms with van der Waals surface area (Å²) in [5.41, 5.74) is 0. The summed E-state index contributed by atoms with van der Waals surface area (Å²) in [5, 5.41) is 3.99. The summed E-state index contributed by atoms with van der Waals surface area (Å²) in [5.74, 6) is 2.61. The maximum atomic E-state index is 3.99. The summed E-state index contributed by atoms with van der Waals surface area (Å²) < 4.78 is 0. The molecule has 1 saturated heterocycles. The molecule has 2 fully saturated rings. The molecule has 0 amide bonds. The lowest BCUT2D eigenvalue weighted by atomic mass is 9.79. The quantitative estimate of drug-likeness (QED) is 0.812.